The minimum Gasteiger partial charge on any atom is -0.356 e. The van der Waals surface area contributed by atoms with Gasteiger partial charge < -0.3 is 9.88 Å². The Hall–Kier alpha value is -2.10. The minimum atomic E-state index is 0.0915. The molecule has 0 aliphatic heterocycles. The number of nitrogens with zero attached hydrogens (tertiary/aromatic N) is 2. The van der Waals surface area contributed by atoms with Gasteiger partial charge in [0.25, 0.3) is 0 Å². The lowest BCUT2D eigenvalue weighted by molar-refractivity contribution is -0.120. The number of imidazole rings is 1. The second-order valence-electron chi connectivity index (χ2n) is 4.52. The number of hydrogen-bond donors (Lipinski definition) is 1. The van der Waals surface area contributed by atoms with E-state index in [-0.39, 0.29) is 5.91 Å². The van der Waals surface area contributed by atoms with E-state index in [0.29, 0.717) is 6.42 Å². The van der Waals surface area contributed by atoms with Crippen molar-refractivity contribution in [3.63, 3.8) is 0 Å². The molecule has 1 heterocycles. The molecule has 1 aromatic carbocycles. The van der Waals surface area contributed by atoms with Gasteiger partial charge in [-0.3, -0.25) is 4.79 Å². The van der Waals surface area contributed by atoms with Crippen molar-refractivity contribution in [2.45, 2.75) is 25.8 Å². The summed E-state index contributed by atoms with van der Waals surface area (Å²) in [6.45, 7) is 1.69. The van der Waals surface area contributed by atoms with E-state index in [0.717, 1.165) is 31.5 Å². The van der Waals surface area contributed by atoms with Crippen LogP contribution in [0.15, 0.2) is 49.1 Å². The van der Waals surface area contributed by atoms with Gasteiger partial charge in [-0.15, -0.1) is 0 Å². The Balaban J connectivity index is 1.57. The highest BCUT2D eigenvalue weighted by Crippen LogP contribution is 1.99. The molecule has 0 radical (unpaired) electrons. The molecule has 0 unspecified atom stereocenters. The zero-order valence-corrected chi connectivity index (χ0v) is 11.0. The number of amides is 1. The lowest BCUT2D eigenvalue weighted by Crippen LogP contribution is -2.26. The van der Waals surface area contributed by atoms with Crippen LogP contribution in [0.25, 0.3) is 0 Å². The molecule has 0 atom stereocenters. The molecule has 4 nitrogen and oxygen atoms in total. The first-order valence-corrected chi connectivity index (χ1v) is 6.61. The van der Waals surface area contributed by atoms with Gasteiger partial charge in [0.05, 0.1) is 12.7 Å². The highest BCUT2D eigenvalue weighted by atomic mass is 16.1. The molecule has 1 N–H and O–H groups in total. The van der Waals surface area contributed by atoms with Crippen molar-refractivity contribution in [2.24, 2.45) is 0 Å². The first-order chi connectivity index (χ1) is 9.34. The second kappa shape index (κ2) is 7.36. The predicted molar refractivity (Wildman–Crippen MR) is 74.6 cm³/mol. The van der Waals surface area contributed by atoms with Crippen molar-refractivity contribution in [2.75, 3.05) is 6.54 Å². The number of hydrogen-bond acceptors (Lipinski definition) is 2. The summed E-state index contributed by atoms with van der Waals surface area (Å²) in [5.41, 5.74) is 1.05. The van der Waals surface area contributed by atoms with E-state index in [1.165, 1.54) is 0 Å². The Morgan fingerprint density at radius 2 is 2.05 bits per heavy atom. The van der Waals surface area contributed by atoms with Crippen molar-refractivity contribution in [3.8, 4) is 0 Å². The molecule has 0 fully saturated rings. The summed E-state index contributed by atoms with van der Waals surface area (Å²) in [4.78, 5) is 15.7. The molecule has 0 bridgehead atoms. The molecule has 2 aromatic rings. The average molecular weight is 257 g/mol. The fourth-order valence-electron chi connectivity index (χ4n) is 1.91. The minimum absolute atomic E-state index is 0.0915. The third-order valence-electron chi connectivity index (χ3n) is 2.93. The van der Waals surface area contributed by atoms with Crippen LogP contribution >= 0.6 is 0 Å². The zero-order valence-electron chi connectivity index (χ0n) is 11.0. The van der Waals surface area contributed by atoms with Crippen LogP contribution < -0.4 is 5.32 Å². The van der Waals surface area contributed by atoms with Gasteiger partial charge in [-0.1, -0.05) is 30.3 Å². The lowest BCUT2D eigenvalue weighted by atomic mass is 10.1. The zero-order chi connectivity index (χ0) is 13.3. The number of aryl methyl sites for hydroxylation is 1. The van der Waals surface area contributed by atoms with Gasteiger partial charge in [0, 0.05) is 25.5 Å². The summed E-state index contributed by atoms with van der Waals surface area (Å²) in [6.07, 6.45) is 8.03. The molecule has 100 valence electrons. The number of aromatic nitrogens is 2. The quantitative estimate of drug-likeness (QED) is 0.771. The topological polar surface area (TPSA) is 46.9 Å². The lowest BCUT2D eigenvalue weighted by Gasteiger charge is -2.05. The second-order valence-corrected chi connectivity index (χ2v) is 4.52. The van der Waals surface area contributed by atoms with Crippen molar-refractivity contribution in [1.29, 1.82) is 0 Å². The number of benzene rings is 1. The molecule has 0 saturated heterocycles. The van der Waals surface area contributed by atoms with Gasteiger partial charge in [0.2, 0.25) is 5.91 Å². The first-order valence-electron chi connectivity index (χ1n) is 6.61. The SMILES string of the molecule is O=C(Cc1ccccc1)NCCCCn1ccnc1. The third kappa shape index (κ3) is 4.95. The van der Waals surface area contributed by atoms with E-state index in [1.54, 1.807) is 6.20 Å². The summed E-state index contributed by atoms with van der Waals surface area (Å²) < 4.78 is 2.05. The monoisotopic (exact) mass is 257 g/mol. The standard InChI is InChI=1S/C15H19N3O/c19-15(12-14-6-2-1-3-7-14)17-8-4-5-10-18-11-9-16-13-18/h1-3,6-7,9,11,13H,4-5,8,10,12H2,(H,17,19). The fraction of sp³-hybridized carbons (Fsp3) is 0.333. The number of carbonyl (C=O) groups is 1. The molecule has 19 heavy (non-hydrogen) atoms. The first kappa shape index (κ1) is 13.3. The molecular formula is C15H19N3O. The van der Waals surface area contributed by atoms with Gasteiger partial charge in [-0.05, 0) is 18.4 Å². The van der Waals surface area contributed by atoms with Crippen molar-refractivity contribution in [3.05, 3.63) is 54.6 Å². The smallest absolute Gasteiger partial charge is 0.224 e. The summed E-state index contributed by atoms with van der Waals surface area (Å²) in [7, 11) is 0. The van der Waals surface area contributed by atoms with E-state index in [4.69, 9.17) is 0 Å². The van der Waals surface area contributed by atoms with Crippen molar-refractivity contribution in [1.82, 2.24) is 14.9 Å². The van der Waals surface area contributed by atoms with E-state index in [2.05, 4.69) is 10.3 Å². The molecule has 0 spiro atoms. The summed E-state index contributed by atoms with van der Waals surface area (Å²) in [6, 6.07) is 9.80. The van der Waals surface area contributed by atoms with Gasteiger partial charge >= 0.3 is 0 Å². The number of rotatable bonds is 7. The van der Waals surface area contributed by atoms with Crippen LogP contribution in [0.3, 0.4) is 0 Å². The van der Waals surface area contributed by atoms with Gasteiger partial charge in [0.15, 0.2) is 0 Å². The molecular weight excluding hydrogens is 238 g/mol. The molecule has 1 aromatic heterocycles. The maximum absolute atomic E-state index is 11.7. The molecule has 2 rings (SSSR count). The normalized spacial score (nSPS) is 10.3. The van der Waals surface area contributed by atoms with Crippen molar-refractivity contribution >= 4 is 5.91 Å². The van der Waals surface area contributed by atoms with Crippen LogP contribution in [0, 0.1) is 0 Å². The van der Waals surface area contributed by atoms with Gasteiger partial charge in [-0.25, -0.2) is 4.98 Å². The average Bonchev–Trinajstić information content (AvgIpc) is 2.92. The Kier molecular flexibility index (Phi) is 5.17. The predicted octanol–water partition coefficient (Wildman–Crippen LogP) is 2.02. The summed E-state index contributed by atoms with van der Waals surface area (Å²) in [5, 5.41) is 2.95. The van der Waals surface area contributed by atoms with E-state index in [9.17, 15) is 4.79 Å². The van der Waals surface area contributed by atoms with Crippen LogP contribution in [0.4, 0.5) is 0 Å². The molecule has 1 amide bonds. The third-order valence-corrected chi connectivity index (χ3v) is 2.93. The molecule has 0 saturated carbocycles. The number of carbonyl (C=O) groups excluding carboxylic acids is 1. The van der Waals surface area contributed by atoms with Crippen molar-refractivity contribution < 1.29 is 4.79 Å². The van der Waals surface area contributed by atoms with Crippen LogP contribution in [0.2, 0.25) is 0 Å². The molecule has 0 aliphatic rings. The highest BCUT2D eigenvalue weighted by molar-refractivity contribution is 5.78. The van der Waals surface area contributed by atoms with E-state index < -0.39 is 0 Å². The van der Waals surface area contributed by atoms with Crippen LogP contribution in [-0.2, 0) is 17.8 Å². The van der Waals surface area contributed by atoms with Gasteiger partial charge in [0.1, 0.15) is 0 Å². The number of nitrogens with one attached hydrogen (secondary N) is 1. The molecule has 4 heteroatoms. The number of unbranched alkanes of at least 4 members (excludes halogenated alkanes) is 1. The van der Waals surface area contributed by atoms with Crippen LogP contribution in [0.1, 0.15) is 18.4 Å². The maximum atomic E-state index is 11.7. The van der Waals surface area contributed by atoms with E-state index in [1.807, 2.05) is 47.4 Å². The largest absolute Gasteiger partial charge is 0.356 e. The summed E-state index contributed by atoms with van der Waals surface area (Å²) in [5.74, 6) is 0.0915. The highest BCUT2D eigenvalue weighted by Gasteiger charge is 2.01. The van der Waals surface area contributed by atoms with Crippen LogP contribution in [-0.4, -0.2) is 22.0 Å². The molecule has 0 aliphatic carbocycles. The Morgan fingerprint density at radius 1 is 1.21 bits per heavy atom. The summed E-state index contributed by atoms with van der Waals surface area (Å²) >= 11 is 0. The van der Waals surface area contributed by atoms with Crippen LogP contribution in [0.5, 0.6) is 0 Å². The Labute approximate surface area is 113 Å². The Morgan fingerprint density at radius 3 is 2.79 bits per heavy atom. The van der Waals surface area contributed by atoms with E-state index >= 15 is 0 Å². The fourth-order valence-corrected chi connectivity index (χ4v) is 1.91. The van der Waals surface area contributed by atoms with Gasteiger partial charge in [-0.2, -0.15) is 0 Å². The Bertz CT molecular complexity index is 479. The maximum Gasteiger partial charge on any atom is 0.224 e.